The molecule has 108 valence electrons. The number of nitrogens with two attached hydrogens (primary N) is 1. The van der Waals surface area contributed by atoms with Crippen LogP contribution in [-0.4, -0.2) is 27.1 Å². The van der Waals surface area contributed by atoms with Crippen LogP contribution in [0.25, 0.3) is 11.0 Å². The minimum atomic E-state index is -0.433. The van der Waals surface area contributed by atoms with Crippen LogP contribution in [0, 0.1) is 0 Å². The molecule has 0 bridgehead atoms. The normalized spacial score (nSPS) is 12.6. The lowest BCUT2D eigenvalue weighted by atomic mass is 10.2. The Morgan fingerprint density at radius 1 is 1.55 bits per heavy atom. The van der Waals surface area contributed by atoms with Gasteiger partial charge in [-0.05, 0) is 31.5 Å². The Bertz CT molecular complexity index is 621. The molecule has 1 aromatic carbocycles. The van der Waals surface area contributed by atoms with E-state index in [1.807, 2.05) is 13.0 Å². The number of imidazole rings is 1. The molecule has 0 aliphatic carbocycles. The molecule has 1 amide bonds. The number of hydrogen-bond acceptors (Lipinski definition) is 4. The van der Waals surface area contributed by atoms with Crippen LogP contribution in [0.4, 0.5) is 5.69 Å². The number of hydrogen-bond donors (Lipinski definition) is 3. The van der Waals surface area contributed by atoms with E-state index in [-0.39, 0.29) is 12.5 Å². The molecule has 2 rings (SSSR count). The summed E-state index contributed by atoms with van der Waals surface area (Å²) in [5.41, 5.74) is 7.82. The van der Waals surface area contributed by atoms with Crippen molar-refractivity contribution < 1.29 is 9.90 Å². The van der Waals surface area contributed by atoms with Gasteiger partial charge in [0.05, 0.1) is 11.0 Å². The van der Waals surface area contributed by atoms with Gasteiger partial charge in [0.15, 0.2) is 0 Å². The SMILES string of the molecule is CCCNC(=O)C(C)n1c(CO)nc2cc(N)ccc21. The van der Waals surface area contributed by atoms with Gasteiger partial charge in [0.25, 0.3) is 0 Å². The van der Waals surface area contributed by atoms with Crippen molar-refractivity contribution in [1.29, 1.82) is 0 Å². The largest absolute Gasteiger partial charge is 0.399 e. The van der Waals surface area contributed by atoms with Crippen molar-refractivity contribution in [3.8, 4) is 0 Å². The van der Waals surface area contributed by atoms with Gasteiger partial charge in [-0.15, -0.1) is 0 Å². The van der Waals surface area contributed by atoms with Crippen LogP contribution in [0.1, 0.15) is 32.1 Å². The highest BCUT2D eigenvalue weighted by Gasteiger charge is 2.20. The second-order valence-corrected chi connectivity index (χ2v) is 4.77. The van der Waals surface area contributed by atoms with Crippen LogP contribution >= 0.6 is 0 Å². The zero-order valence-corrected chi connectivity index (χ0v) is 11.8. The quantitative estimate of drug-likeness (QED) is 0.715. The number of aromatic nitrogens is 2. The third-order valence-corrected chi connectivity index (χ3v) is 3.24. The number of nitrogen functional groups attached to an aromatic ring is 1. The molecule has 1 atom stereocenters. The number of rotatable bonds is 5. The Balaban J connectivity index is 2.43. The predicted octanol–water partition coefficient (Wildman–Crippen LogP) is 1.20. The van der Waals surface area contributed by atoms with E-state index < -0.39 is 6.04 Å². The summed E-state index contributed by atoms with van der Waals surface area (Å²) in [5, 5.41) is 12.3. The van der Waals surface area contributed by atoms with Crippen LogP contribution in [0.15, 0.2) is 18.2 Å². The van der Waals surface area contributed by atoms with Gasteiger partial charge in [-0.2, -0.15) is 0 Å². The van der Waals surface area contributed by atoms with Crippen molar-refractivity contribution in [2.45, 2.75) is 32.9 Å². The Morgan fingerprint density at radius 2 is 2.30 bits per heavy atom. The minimum absolute atomic E-state index is 0.0855. The second-order valence-electron chi connectivity index (χ2n) is 4.77. The number of nitrogens with one attached hydrogen (secondary N) is 1. The fraction of sp³-hybridized carbons (Fsp3) is 0.429. The molecule has 6 heteroatoms. The maximum atomic E-state index is 12.1. The number of fused-ring (bicyclic) bond motifs is 1. The van der Waals surface area contributed by atoms with Crippen LogP contribution in [0.2, 0.25) is 0 Å². The molecule has 20 heavy (non-hydrogen) atoms. The van der Waals surface area contributed by atoms with E-state index in [2.05, 4.69) is 10.3 Å². The topological polar surface area (TPSA) is 93.2 Å². The van der Waals surface area contributed by atoms with E-state index in [9.17, 15) is 9.90 Å². The molecule has 0 aliphatic rings. The molecule has 1 aromatic heterocycles. The average Bonchev–Trinajstić information content (AvgIpc) is 2.81. The molecule has 4 N–H and O–H groups in total. The van der Waals surface area contributed by atoms with E-state index in [0.29, 0.717) is 23.6 Å². The first-order valence-corrected chi connectivity index (χ1v) is 6.73. The standard InChI is InChI=1S/C14H20N4O2/c1-3-6-16-14(20)9(2)18-12-5-4-10(15)7-11(12)17-13(18)8-19/h4-5,7,9,19H,3,6,8,15H2,1-2H3,(H,16,20). The summed E-state index contributed by atoms with van der Waals surface area (Å²) < 4.78 is 1.75. The third kappa shape index (κ3) is 2.60. The molecule has 2 aromatic rings. The van der Waals surface area contributed by atoms with E-state index in [4.69, 9.17) is 5.73 Å². The summed E-state index contributed by atoms with van der Waals surface area (Å²) in [7, 11) is 0. The number of aliphatic hydroxyl groups excluding tert-OH is 1. The Hall–Kier alpha value is -2.08. The van der Waals surface area contributed by atoms with E-state index >= 15 is 0 Å². The molecule has 0 saturated heterocycles. The number of anilines is 1. The summed E-state index contributed by atoms with van der Waals surface area (Å²) in [6.45, 7) is 4.21. The number of nitrogens with zero attached hydrogens (tertiary/aromatic N) is 2. The first-order chi connectivity index (χ1) is 9.58. The molecule has 0 radical (unpaired) electrons. The van der Waals surface area contributed by atoms with Gasteiger partial charge in [-0.1, -0.05) is 6.92 Å². The highest BCUT2D eigenvalue weighted by atomic mass is 16.3. The van der Waals surface area contributed by atoms with Gasteiger partial charge in [0.1, 0.15) is 18.5 Å². The lowest BCUT2D eigenvalue weighted by molar-refractivity contribution is -0.123. The van der Waals surface area contributed by atoms with E-state index in [1.54, 1.807) is 23.6 Å². The number of carbonyl (C=O) groups excluding carboxylic acids is 1. The maximum absolute atomic E-state index is 12.1. The molecule has 0 fully saturated rings. The Labute approximate surface area is 117 Å². The van der Waals surface area contributed by atoms with Crippen molar-refractivity contribution in [2.75, 3.05) is 12.3 Å². The van der Waals surface area contributed by atoms with Crippen LogP contribution in [0.3, 0.4) is 0 Å². The maximum Gasteiger partial charge on any atom is 0.242 e. The summed E-state index contributed by atoms with van der Waals surface area (Å²) in [6.07, 6.45) is 0.881. The summed E-state index contributed by atoms with van der Waals surface area (Å²) in [4.78, 5) is 16.4. The lowest BCUT2D eigenvalue weighted by Crippen LogP contribution is -2.32. The zero-order valence-electron chi connectivity index (χ0n) is 11.8. The fourth-order valence-electron chi connectivity index (χ4n) is 2.22. The Kier molecular flexibility index (Phi) is 4.24. The van der Waals surface area contributed by atoms with Gasteiger partial charge in [-0.3, -0.25) is 4.79 Å². The molecule has 0 saturated carbocycles. The van der Waals surface area contributed by atoms with Crippen molar-refractivity contribution >= 4 is 22.6 Å². The van der Waals surface area contributed by atoms with Crippen LogP contribution in [-0.2, 0) is 11.4 Å². The summed E-state index contributed by atoms with van der Waals surface area (Å²) in [5.74, 6) is 0.377. The van der Waals surface area contributed by atoms with E-state index in [1.165, 1.54) is 0 Å². The number of carbonyl (C=O) groups is 1. The van der Waals surface area contributed by atoms with Crippen molar-refractivity contribution in [3.63, 3.8) is 0 Å². The summed E-state index contributed by atoms with van der Waals surface area (Å²) in [6, 6.07) is 4.89. The van der Waals surface area contributed by atoms with Gasteiger partial charge >= 0.3 is 0 Å². The molecule has 0 spiro atoms. The monoisotopic (exact) mass is 276 g/mol. The molecular weight excluding hydrogens is 256 g/mol. The smallest absolute Gasteiger partial charge is 0.242 e. The summed E-state index contributed by atoms with van der Waals surface area (Å²) >= 11 is 0. The van der Waals surface area contributed by atoms with Crippen LogP contribution < -0.4 is 11.1 Å². The van der Waals surface area contributed by atoms with Crippen LogP contribution in [0.5, 0.6) is 0 Å². The van der Waals surface area contributed by atoms with Crippen molar-refractivity contribution in [2.24, 2.45) is 0 Å². The number of amides is 1. The first kappa shape index (κ1) is 14.3. The third-order valence-electron chi connectivity index (χ3n) is 3.24. The van der Waals surface area contributed by atoms with Crippen molar-refractivity contribution in [1.82, 2.24) is 14.9 Å². The molecule has 0 aliphatic heterocycles. The fourth-order valence-corrected chi connectivity index (χ4v) is 2.22. The minimum Gasteiger partial charge on any atom is -0.399 e. The van der Waals surface area contributed by atoms with Gasteiger partial charge in [-0.25, -0.2) is 4.98 Å². The Morgan fingerprint density at radius 3 is 2.95 bits per heavy atom. The molecule has 1 unspecified atom stereocenters. The highest BCUT2D eigenvalue weighted by molar-refractivity contribution is 5.85. The molecule has 1 heterocycles. The second kappa shape index (κ2) is 5.92. The average molecular weight is 276 g/mol. The highest BCUT2D eigenvalue weighted by Crippen LogP contribution is 2.23. The molecule has 6 nitrogen and oxygen atoms in total. The van der Waals surface area contributed by atoms with Gasteiger partial charge in [0.2, 0.25) is 5.91 Å². The predicted molar refractivity (Wildman–Crippen MR) is 78.1 cm³/mol. The van der Waals surface area contributed by atoms with Crippen molar-refractivity contribution in [3.05, 3.63) is 24.0 Å². The lowest BCUT2D eigenvalue weighted by Gasteiger charge is -2.16. The number of aliphatic hydroxyl groups is 1. The van der Waals surface area contributed by atoms with E-state index in [0.717, 1.165) is 11.9 Å². The van der Waals surface area contributed by atoms with Gasteiger partial charge in [0, 0.05) is 12.2 Å². The van der Waals surface area contributed by atoms with Gasteiger partial charge < -0.3 is 20.7 Å². The zero-order chi connectivity index (χ0) is 14.7. The number of benzene rings is 1. The first-order valence-electron chi connectivity index (χ1n) is 6.73. The molecular formula is C14H20N4O2.